The molecule has 17 heavy (non-hydrogen) atoms. The first-order valence-electron chi connectivity index (χ1n) is 6.14. The number of amides is 1. The van der Waals surface area contributed by atoms with E-state index in [1.807, 2.05) is 11.9 Å². The maximum atomic E-state index is 12.5. The van der Waals surface area contributed by atoms with E-state index >= 15 is 0 Å². The lowest BCUT2D eigenvalue weighted by Crippen LogP contribution is -2.52. The fourth-order valence-electron chi connectivity index (χ4n) is 2.58. The van der Waals surface area contributed by atoms with Crippen LogP contribution in [0.2, 0.25) is 0 Å². The van der Waals surface area contributed by atoms with Gasteiger partial charge in [0.2, 0.25) is 0 Å². The molecule has 2 heterocycles. The molecule has 0 aliphatic carbocycles. The molecule has 0 spiro atoms. The maximum Gasteiger partial charge on any atom is 0.272 e. The zero-order chi connectivity index (χ0) is 12.4. The van der Waals surface area contributed by atoms with Crippen molar-refractivity contribution in [2.75, 3.05) is 6.54 Å². The molecule has 1 saturated heterocycles. The minimum atomic E-state index is 0.0488. The summed E-state index contributed by atoms with van der Waals surface area (Å²) in [4.78, 5) is 18.4. The molecule has 94 valence electrons. The van der Waals surface area contributed by atoms with E-state index < -0.39 is 0 Å². The van der Waals surface area contributed by atoms with Crippen LogP contribution in [0.15, 0.2) is 12.5 Å². The molecule has 2 N–H and O–H groups in total. The van der Waals surface area contributed by atoms with Gasteiger partial charge in [-0.15, -0.1) is 0 Å². The van der Waals surface area contributed by atoms with Crippen molar-refractivity contribution in [3.05, 3.63) is 18.2 Å². The van der Waals surface area contributed by atoms with Crippen molar-refractivity contribution in [2.24, 2.45) is 12.8 Å². The summed E-state index contributed by atoms with van der Waals surface area (Å²) in [6, 6.07) is 0.431. The van der Waals surface area contributed by atoms with Gasteiger partial charge in [0.1, 0.15) is 5.69 Å². The van der Waals surface area contributed by atoms with Gasteiger partial charge in [-0.1, -0.05) is 0 Å². The lowest BCUT2D eigenvalue weighted by Gasteiger charge is -2.40. The summed E-state index contributed by atoms with van der Waals surface area (Å²) in [7, 11) is 1.84. The third-order valence-corrected chi connectivity index (χ3v) is 3.57. The van der Waals surface area contributed by atoms with Crippen LogP contribution in [0.4, 0.5) is 0 Å². The van der Waals surface area contributed by atoms with Crippen LogP contribution < -0.4 is 5.73 Å². The van der Waals surface area contributed by atoms with Crippen molar-refractivity contribution in [2.45, 2.75) is 38.3 Å². The van der Waals surface area contributed by atoms with Crippen LogP contribution >= 0.6 is 0 Å². The third kappa shape index (κ3) is 2.20. The van der Waals surface area contributed by atoms with Gasteiger partial charge >= 0.3 is 0 Å². The van der Waals surface area contributed by atoms with E-state index in [-0.39, 0.29) is 18.0 Å². The van der Waals surface area contributed by atoms with E-state index in [1.165, 1.54) is 0 Å². The molecule has 1 aromatic heterocycles. The third-order valence-electron chi connectivity index (χ3n) is 3.57. The summed E-state index contributed by atoms with van der Waals surface area (Å²) < 4.78 is 1.76. The summed E-state index contributed by atoms with van der Waals surface area (Å²) in [6.07, 6.45) is 6.49. The molecule has 1 aliphatic heterocycles. The Hall–Kier alpha value is -1.36. The Balaban J connectivity index is 2.24. The van der Waals surface area contributed by atoms with Crippen LogP contribution in [-0.2, 0) is 7.05 Å². The summed E-state index contributed by atoms with van der Waals surface area (Å²) in [5.41, 5.74) is 6.41. The number of likely N-dealkylation sites (tertiary alicyclic amines) is 1. The largest absolute Gasteiger partial charge is 0.330 e. The first-order chi connectivity index (χ1) is 8.15. The molecule has 5 nitrogen and oxygen atoms in total. The molecule has 1 aromatic rings. The molecule has 2 rings (SSSR count). The maximum absolute atomic E-state index is 12.5. The van der Waals surface area contributed by atoms with E-state index in [9.17, 15) is 4.79 Å². The lowest BCUT2D eigenvalue weighted by molar-refractivity contribution is 0.0484. The van der Waals surface area contributed by atoms with Gasteiger partial charge in [0, 0.05) is 25.7 Å². The molecular formula is C12H20N4O. The highest BCUT2D eigenvalue weighted by Gasteiger charge is 2.32. The summed E-state index contributed by atoms with van der Waals surface area (Å²) >= 11 is 0. The predicted molar refractivity (Wildman–Crippen MR) is 65.5 cm³/mol. The quantitative estimate of drug-likeness (QED) is 0.824. The van der Waals surface area contributed by atoms with E-state index in [4.69, 9.17) is 5.73 Å². The van der Waals surface area contributed by atoms with Crippen molar-refractivity contribution in [1.82, 2.24) is 14.5 Å². The first kappa shape index (κ1) is 12.1. The fourth-order valence-corrected chi connectivity index (χ4v) is 2.58. The normalized spacial score (nSPS) is 25.0. The van der Waals surface area contributed by atoms with Crippen molar-refractivity contribution in [3.8, 4) is 0 Å². The molecule has 0 aromatic carbocycles. The zero-order valence-corrected chi connectivity index (χ0v) is 10.5. The second-order valence-electron chi connectivity index (χ2n) is 4.77. The monoisotopic (exact) mass is 236 g/mol. The minimum Gasteiger partial charge on any atom is -0.330 e. The Bertz CT molecular complexity index is 401. The van der Waals surface area contributed by atoms with E-state index in [1.54, 1.807) is 17.1 Å². The number of carbonyl (C=O) groups is 1. The van der Waals surface area contributed by atoms with Gasteiger partial charge in [0.05, 0.1) is 12.5 Å². The number of rotatable bonds is 2. The highest BCUT2D eigenvalue weighted by molar-refractivity contribution is 5.93. The Morgan fingerprint density at radius 2 is 2.35 bits per heavy atom. The van der Waals surface area contributed by atoms with Gasteiger partial charge in [0.25, 0.3) is 5.91 Å². The SMILES string of the molecule is CC1CCCC(CN)N1C(=O)c1cncn1C. The molecule has 0 bridgehead atoms. The molecule has 2 unspecified atom stereocenters. The molecule has 0 saturated carbocycles. The van der Waals surface area contributed by atoms with Crippen LogP contribution in [0.3, 0.4) is 0 Å². The van der Waals surface area contributed by atoms with E-state index in [0.29, 0.717) is 12.2 Å². The average molecular weight is 236 g/mol. The summed E-state index contributed by atoms with van der Waals surface area (Å²) in [6.45, 7) is 2.63. The number of aromatic nitrogens is 2. The molecule has 1 fully saturated rings. The summed E-state index contributed by atoms with van der Waals surface area (Å²) in [5, 5.41) is 0. The zero-order valence-electron chi connectivity index (χ0n) is 10.5. The van der Waals surface area contributed by atoms with Gasteiger partial charge in [-0.2, -0.15) is 0 Å². The number of nitrogens with zero attached hydrogens (tertiary/aromatic N) is 3. The second-order valence-corrected chi connectivity index (χ2v) is 4.77. The standard InChI is InChI=1S/C12H20N4O/c1-9-4-3-5-10(6-13)16(9)12(17)11-7-14-8-15(11)2/h7-10H,3-6,13H2,1-2H3. The Labute approximate surface area is 102 Å². The second kappa shape index (κ2) is 4.87. The molecule has 5 heteroatoms. The van der Waals surface area contributed by atoms with Gasteiger partial charge in [-0.3, -0.25) is 4.79 Å². The molecule has 0 radical (unpaired) electrons. The van der Waals surface area contributed by atoms with E-state index in [2.05, 4.69) is 11.9 Å². The Morgan fingerprint density at radius 1 is 1.59 bits per heavy atom. The average Bonchev–Trinajstić information content (AvgIpc) is 2.74. The van der Waals surface area contributed by atoms with Crippen LogP contribution in [0.25, 0.3) is 0 Å². The molecule has 1 amide bonds. The van der Waals surface area contributed by atoms with Gasteiger partial charge in [-0.25, -0.2) is 4.98 Å². The van der Waals surface area contributed by atoms with Gasteiger partial charge < -0.3 is 15.2 Å². The van der Waals surface area contributed by atoms with Crippen molar-refractivity contribution in [1.29, 1.82) is 0 Å². The topological polar surface area (TPSA) is 64.2 Å². The lowest BCUT2D eigenvalue weighted by atomic mass is 9.96. The van der Waals surface area contributed by atoms with Crippen LogP contribution in [0.5, 0.6) is 0 Å². The molecule has 2 atom stereocenters. The molecule has 1 aliphatic rings. The number of aryl methyl sites for hydroxylation is 1. The number of piperidine rings is 1. The number of nitrogens with two attached hydrogens (primary N) is 1. The van der Waals surface area contributed by atoms with E-state index in [0.717, 1.165) is 19.3 Å². The first-order valence-corrected chi connectivity index (χ1v) is 6.14. The minimum absolute atomic E-state index is 0.0488. The summed E-state index contributed by atoms with van der Waals surface area (Å²) in [5.74, 6) is 0.0488. The van der Waals surface area contributed by atoms with Crippen LogP contribution in [0.1, 0.15) is 36.7 Å². The van der Waals surface area contributed by atoms with Crippen molar-refractivity contribution in [3.63, 3.8) is 0 Å². The van der Waals surface area contributed by atoms with Crippen LogP contribution in [-0.4, -0.2) is 39.0 Å². The fraction of sp³-hybridized carbons (Fsp3) is 0.667. The smallest absolute Gasteiger partial charge is 0.272 e. The number of carbonyl (C=O) groups excluding carboxylic acids is 1. The number of imidazole rings is 1. The van der Waals surface area contributed by atoms with Crippen LogP contribution in [0, 0.1) is 0 Å². The highest BCUT2D eigenvalue weighted by Crippen LogP contribution is 2.24. The van der Waals surface area contributed by atoms with Crippen molar-refractivity contribution >= 4 is 5.91 Å². The predicted octanol–water partition coefficient (Wildman–Crippen LogP) is 0.762. The Kier molecular flexibility index (Phi) is 3.47. The Morgan fingerprint density at radius 3 is 2.94 bits per heavy atom. The van der Waals surface area contributed by atoms with Gasteiger partial charge in [-0.05, 0) is 26.2 Å². The number of hydrogen-bond donors (Lipinski definition) is 1. The number of hydrogen-bond acceptors (Lipinski definition) is 3. The highest BCUT2D eigenvalue weighted by atomic mass is 16.2. The molecular weight excluding hydrogens is 216 g/mol. The van der Waals surface area contributed by atoms with Crippen molar-refractivity contribution < 1.29 is 4.79 Å². The van der Waals surface area contributed by atoms with Gasteiger partial charge in [0.15, 0.2) is 0 Å².